The minimum absolute atomic E-state index is 0.263. The van der Waals surface area contributed by atoms with Gasteiger partial charge in [-0.05, 0) is 30.3 Å². The molecule has 0 saturated carbocycles. The molecule has 1 heterocycles. The Labute approximate surface area is 126 Å². The first kappa shape index (κ1) is 13.6. The lowest BCUT2D eigenvalue weighted by molar-refractivity contribution is 0.605. The van der Waals surface area contributed by atoms with Crippen molar-refractivity contribution in [3.05, 3.63) is 52.8 Å². The van der Waals surface area contributed by atoms with E-state index in [0.717, 1.165) is 23.7 Å². The van der Waals surface area contributed by atoms with Gasteiger partial charge in [0.1, 0.15) is 5.82 Å². The molecule has 0 aromatic heterocycles. The van der Waals surface area contributed by atoms with Crippen molar-refractivity contribution < 1.29 is 4.39 Å². The highest BCUT2D eigenvalue weighted by molar-refractivity contribution is 7.99. The number of halogens is 2. The zero-order valence-corrected chi connectivity index (χ0v) is 12.3. The van der Waals surface area contributed by atoms with Crippen LogP contribution in [0.2, 0.25) is 5.02 Å². The Morgan fingerprint density at radius 1 is 1.25 bits per heavy atom. The van der Waals surface area contributed by atoms with E-state index in [2.05, 4.69) is 4.90 Å². The molecule has 2 N–H and O–H groups in total. The summed E-state index contributed by atoms with van der Waals surface area (Å²) in [5.41, 5.74) is 8.32. The number of hydrogen-bond donors (Lipinski definition) is 1. The summed E-state index contributed by atoms with van der Waals surface area (Å²) in [5.74, 6) is 0.729. The maximum Gasteiger partial charge on any atom is 0.129 e. The molecule has 3 rings (SSSR count). The van der Waals surface area contributed by atoms with Gasteiger partial charge in [-0.15, -0.1) is 11.8 Å². The topological polar surface area (TPSA) is 29.3 Å². The number of anilines is 2. The van der Waals surface area contributed by atoms with Crippen molar-refractivity contribution >= 4 is 34.7 Å². The molecule has 0 radical (unpaired) electrons. The van der Waals surface area contributed by atoms with Gasteiger partial charge in [-0.2, -0.15) is 0 Å². The van der Waals surface area contributed by atoms with Crippen LogP contribution >= 0.6 is 23.4 Å². The van der Waals surface area contributed by atoms with Crippen LogP contribution < -0.4 is 10.6 Å². The minimum Gasteiger partial charge on any atom is -0.399 e. The van der Waals surface area contributed by atoms with Crippen LogP contribution in [0.1, 0.15) is 5.56 Å². The van der Waals surface area contributed by atoms with Crippen LogP contribution in [0.25, 0.3) is 0 Å². The van der Waals surface area contributed by atoms with Gasteiger partial charge in [0.25, 0.3) is 0 Å². The van der Waals surface area contributed by atoms with Crippen molar-refractivity contribution in [3.8, 4) is 0 Å². The molecule has 104 valence electrons. The quantitative estimate of drug-likeness (QED) is 0.844. The summed E-state index contributed by atoms with van der Waals surface area (Å²) in [4.78, 5) is 3.36. The van der Waals surface area contributed by atoms with Crippen molar-refractivity contribution in [2.45, 2.75) is 11.4 Å². The number of fused-ring (bicyclic) bond motifs is 1. The Morgan fingerprint density at radius 2 is 2.10 bits per heavy atom. The molecule has 5 heteroatoms. The average Bonchev–Trinajstić information content (AvgIpc) is 2.42. The van der Waals surface area contributed by atoms with Crippen LogP contribution in [0.3, 0.4) is 0 Å². The van der Waals surface area contributed by atoms with Gasteiger partial charge in [-0.3, -0.25) is 0 Å². The highest BCUT2D eigenvalue weighted by Crippen LogP contribution is 2.37. The summed E-state index contributed by atoms with van der Waals surface area (Å²) in [6.07, 6.45) is 0. The van der Waals surface area contributed by atoms with Crippen LogP contribution in [0.5, 0.6) is 0 Å². The van der Waals surface area contributed by atoms with Crippen molar-refractivity contribution in [2.75, 3.05) is 22.9 Å². The first-order chi connectivity index (χ1) is 9.63. The number of nitrogens with two attached hydrogens (primary N) is 1. The molecule has 0 bridgehead atoms. The van der Waals surface area contributed by atoms with E-state index >= 15 is 0 Å². The molecular formula is C15H14ClFN2S. The summed E-state index contributed by atoms with van der Waals surface area (Å²) in [7, 11) is 0. The second-order valence-corrected chi connectivity index (χ2v) is 6.31. The Balaban J connectivity index is 1.91. The lowest BCUT2D eigenvalue weighted by atomic mass is 10.1. The maximum atomic E-state index is 13.9. The fourth-order valence-electron chi connectivity index (χ4n) is 2.31. The standard InChI is InChI=1S/C15H14ClFN2S/c16-11-2-1-10(13(17)7-11)9-19-5-6-20-15-4-3-12(18)8-14(15)19/h1-4,7-8H,5-6,9,18H2. The highest BCUT2D eigenvalue weighted by atomic mass is 35.5. The lowest BCUT2D eigenvalue weighted by Crippen LogP contribution is -2.29. The second kappa shape index (κ2) is 5.54. The van der Waals surface area contributed by atoms with E-state index in [-0.39, 0.29) is 5.82 Å². The highest BCUT2D eigenvalue weighted by Gasteiger charge is 2.19. The molecule has 1 aliphatic rings. The molecular weight excluding hydrogens is 295 g/mol. The predicted octanol–water partition coefficient (Wildman–Crippen LogP) is 4.17. The zero-order chi connectivity index (χ0) is 14.1. The molecule has 0 unspecified atom stereocenters. The molecule has 1 aliphatic heterocycles. The van der Waals surface area contributed by atoms with Crippen molar-refractivity contribution in [1.29, 1.82) is 0 Å². The van der Waals surface area contributed by atoms with Crippen LogP contribution in [-0.4, -0.2) is 12.3 Å². The summed E-state index contributed by atoms with van der Waals surface area (Å²) in [6, 6.07) is 10.7. The fraction of sp³-hybridized carbons (Fsp3) is 0.200. The molecule has 0 saturated heterocycles. The molecule has 0 fully saturated rings. The van der Waals surface area contributed by atoms with Crippen LogP contribution in [0.15, 0.2) is 41.3 Å². The number of benzene rings is 2. The fourth-order valence-corrected chi connectivity index (χ4v) is 3.50. The first-order valence-electron chi connectivity index (χ1n) is 6.35. The van der Waals surface area contributed by atoms with Gasteiger partial charge >= 0.3 is 0 Å². The van der Waals surface area contributed by atoms with Crippen molar-refractivity contribution in [1.82, 2.24) is 0 Å². The van der Waals surface area contributed by atoms with Crippen LogP contribution in [-0.2, 0) is 6.54 Å². The third-order valence-corrected chi connectivity index (χ3v) is 4.60. The summed E-state index contributed by atoms with van der Waals surface area (Å²) in [6.45, 7) is 1.41. The number of nitrogens with zero attached hydrogens (tertiary/aromatic N) is 1. The summed E-state index contributed by atoms with van der Waals surface area (Å²) < 4.78 is 13.9. The van der Waals surface area contributed by atoms with E-state index in [1.54, 1.807) is 23.9 Å². The number of nitrogen functional groups attached to an aromatic ring is 1. The zero-order valence-electron chi connectivity index (χ0n) is 10.8. The Bertz CT molecular complexity index is 648. The molecule has 2 aromatic rings. The van der Waals surface area contributed by atoms with Crippen LogP contribution in [0, 0.1) is 5.82 Å². The monoisotopic (exact) mass is 308 g/mol. The van der Waals surface area contributed by atoms with Crippen molar-refractivity contribution in [2.24, 2.45) is 0 Å². The predicted molar refractivity (Wildman–Crippen MR) is 84.0 cm³/mol. The first-order valence-corrected chi connectivity index (χ1v) is 7.71. The molecule has 2 aromatic carbocycles. The Kier molecular flexibility index (Phi) is 3.76. The smallest absolute Gasteiger partial charge is 0.129 e. The number of thioether (sulfide) groups is 1. The normalized spacial score (nSPS) is 14.2. The molecule has 0 amide bonds. The summed E-state index contributed by atoms with van der Waals surface area (Å²) >= 11 is 7.59. The van der Waals surface area contributed by atoms with Gasteiger partial charge < -0.3 is 10.6 Å². The molecule has 0 spiro atoms. The van der Waals surface area contributed by atoms with Gasteiger partial charge in [-0.1, -0.05) is 17.7 Å². The van der Waals surface area contributed by atoms with Gasteiger partial charge in [0.15, 0.2) is 0 Å². The number of rotatable bonds is 2. The lowest BCUT2D eigenvalue weighted by Gasteiger charge is -2.31. The largest absolute Gasteiger partial charge is 0.399 e. The SMILES string of the molecule is Nc1ccc2c(c1)N(Cc1ccc(Cl)cc1F)CCS2. The van der Waals surface area contributed by atoms with E-state index in [9.17, 15) is 4.39 Å². The van der Waals surface area contributed by atoms with E-state index in [4.69, 9.17) is 17.3 Å². The summed E-state index contributed by atoms with van der Waals surface area (Å²) in [5, 5.41) is 0.421. The average molecular weight is 309 g/mol. The molecule has 0 atom stereocenters. The molecule has 2 nitrogen and oxygen atoms in total. The van der Waals surface area contributed by atoms with E-state index in [1.165, 1.54) is 11.0 Å². The minimum atomic E-state index is -0.263. The second-order valence-electron chi connectivity index (χ2n) is 4.73. The Hall–Kier alpha value is -1.39. The van der Waals surface area contributed by atoms with Crippen molar-refractivity contribution in [3.63, 3.8) is 0 Å². The number of hydrogen-bond acceptors (Lipinski definition) is 3. The van der Waals surface area contributed by atoms with Gasteiger partial charge in [0, 0.05) is 40.0 Å². The maximum absolute atomic E-state index is 13.9. The van der Waals surface area contributed by atoms with Gasteiger partial charge in [-0.25, -0.2) is 4.39 Å². The van der Waals surface area contributed by atoms with E-state index in [0.29, 0.717) is 17.1 Å². The molecule has 0 aliphatic carbocycles. The van der Waals surface area contributed by atoms with Gasteiger partial charge in [0.2, 0.25) is 0 Å². The van der Waals surface area contributed by atoms with E-state index < -0.39 is 0 Å². The molecule has 20 heavy (non-hydrogen) atoms. The van der Waals surface area contributed by atoms with E-state index in [1.807, 2.05) is 18.2 Å². The third-order valence-electron chi connectivity index (χ3n) is 3.32. The van der Waals surface area contributed by atoms with Crippen LogP contribution in [0.4, 0.5) is 15.8 Å². The Morgan fingerprint density at radius 3 is 2.90 bits per heavy atom. The van der Waals surface area contributed by atoms with Gasteiger partial charge in [0.05, 0.1) is 5.69 Å². The third kappa shape index (κ3) is 2.72.